The average Bonchev–Trinajstić information content (AvgIpc) is 2.72. The number of nitrogens with zero attached hydrogens (tertiary/aromatic N) is 3. The number of hydrogen-bond acceptors (Lipinski definition) is 5. The van der Waals surface area contributed by atoms with Crippen LogP contribution in [0, 0.1) is 0 Å². The fourth-order valence-electron chi connectivity index (χ4n) is 3.51. The highest BCUT2D eigenvalue weighted by molar-refractivity contribution is 6.37. The number of hydrogen-bond donors (Lipinski definition) is 0. The van der Waals surface area contributed by atoms with Crippen molar-refractivity contribution >= 4 is 51.7 Å². The Hall–Kier alpha value is -1.89. The standard InChI is InChI=1S/C22H20Cl3N3O2/c1-27-7-9-28(10-8-27)13-14-11-18(24)16-3-2-6-26-20(16)21(14)30-22(29)17-5-4-15(23)12-19(17)25/h2-6,11-12H,7-10,13H2,1H3. The van der Waals surface area contributed by atoms with E-state index in [9.17, 15) is 4.79 Å². The summed E-state index contributed by atoms with van der Waals surface area (Å²) in [7, 11) is 2.11. The number of benzene rings is 2. The first-order chi connectivity index (χ1) is 14.4. The molecule has 1 aliphatic rings. The summed E-state index contributed by atoms with van der Waals surface area (Å²) >= 11 is 18.7. The molecule has 1 aliphatic heterocycles. The van der Waals surface area contributed by atoms with E-state index < -0.39 is 5.97 Å². The highest BCUT2D eigenvalue weighted by atomic mass is 35.5. The second-order valence-electron chi connectivity index (χ2n) is 7.34. The van der Waals surface area contributed by atoms with Gasteiger partial charge in [-0.2, -0.15) is 0 Å². The van der Waals surface area contributed by atoms with Crippen LogP contribution in [0.25, 0.3) is 10.9 Å². The van der Waals surface area contributed by atoms with Crippen LogP contribution in [0.4, 0.5) is 0 Å². The maximum Gasteiger partial charge on any atom is 0.345 e. The van der Waals surface area contributed by atoms with Crippen molar-refractivity contribution < 1.29 is 9.53 Å². The molecule has 1 fully saturated rings. The Morgan fingerprint density at radius 2 is 1.83 bits per heavy atom. The number of aromatic nitrogens is 1. The molecule has 2 heterocycles. The van der Waals surface area contributed by atoms with Crippen LogP contribution in [0.2, 0.25) is 15.1 Å². The van der Waals surface area contributed by atoms with Gasteiger partial charge in [0.15, 0.2) is 5.75 Å². The number of likely N-dealkylation sites (N-methyl/N-ethyl adjacent to an activating group) is 1. The van der Waals surface area contributed by atoms with Crippen molar-refractivity contribution in [2.45, 2.75) is 6.54 Å². The number of carbonyl (C=O) groups excluding carboxylic acids is 1. The van der Waals surface area contributed by atoms with Gasteiger partial charge in [0.05, 0.1) is 15.6 Å². The van der Waals surface area contributed by atoms with Gasteiger partial charge in [0.25, 0.3) is 0 Å². The van der Waals surface area contributed by atoms with Crippen molar-refractivity contribution in [3.63, 3.8) is 0 Å². The van der Waals surface area contributed by atoms with Crippen LogP contribution in [0.3, 0.4) is 0 Å². The highest BCUT2D eigenvalue weighted by Gasteiger charge is 2.22. The predicted octanol–water partition coefficient (Wildman–Crippen LogP) is 5.16. The van der Waals surface area contributed by atoms with E-state index >= 15 is 0 Å². The van der Waals surface area contributed by atoms with Crippen LogP contribution in [-0.2, 0) is 6.54 Å². The number of fused-ring (bicyclic) bond motifs is 1. The third kappa shape index (κ3) is 4.56. The molecule has 0 amide bonds. The number of ether oxygens (including phenoxy) is 1. The van der Waals surface area contributed by atoms with Gasteiger partial charge in [-0.25, -0.2) is 4.79 Å². The number of piperazine rings is 1. The van der Waals surface area contributed by atoms with E-state index in [-0.39, 0.29) is 10.6 Å². The van der Waals surface area contributed by atoms with Crippen molar-refractivity contribution in [3.05, 3.63) is 68.8 Å². The Morgan fingerprint density at radius 3 is 2.57 bits per heavy atom. The number of esters is 1. The molecular formula is C22H20Cl3N3O2. The SMILES string of the molecule is CN1CCN(Cc2cc(Cl)c3cccnc3c2OC(=O)c2ccc(Cl)cc2Cl)CC1. The van der Waals surface area contributed by atoms with Crippen molar-refractivity contribution in [1.29, 1.82) is 0 Å². The molecule has 0 saturated carbocycles. The third-order valence-corrected chi connectivity index (χ3v) is 6.07. The zero-order valence-corrected chi connectivity index (χ0v) is 18.6. The first-order valence-corrected chi connectivity index (χ1v) is 10.7. The molecule has 1 saturated heterocycles. The number of carbonyl (C=O) groups is 1. The molecule has 3 aromatic rings. The monoisotopic (exact) mass is 463 g/mol. The van der Waals surface area contributed by atoms with Gasteiger partial charge < -0.3 is 9.64 Å². The van der Waals surface area contributed by atoms with Gasteiger partial charge in [0.1, 0.15) is 5.52 Å². The van der Waals surface area contributed by atoms with E-state index in [1.165, 1.54) is 6.07 Å². The lowest BCUT2D eigenvalue weighted by atomic mass is 10.1. The van der Waals surface area contributed by atoms with Crippen LogP contribution in [0.15, 0.2) is 42.6 Å². The molecule has 0 bridgehead atoms. The van der Waals surface area contributed by atoms with Gasteiger partial charge in [0, 0.05) is 54.9 Å². The normalized spacial score (nSPS) is 15.5. The minimum Gasteiger partial charge on any atom is -0.420 e. The largest absolute Gasteiger partial charge is 0.420 e. The molecule has 156 valence electrons. The molecule has 2 aromatic carbocycles. The topological polar surface area (TPSA) is 45.7 Å². The van der Waals surface area contributed by atoms with Gasteiger partial charge in [-0.3, -0.25) is 9.88 Å². The van der Waals surface area contributed by atoms with Crippen molar-refractivity contribution in [3.8, 4) is 5.75 Å². The number of pyridine rings is 1. The van der Waals surface area contributed by atoms with Crippen LogP contribution in [0.1, 0.15) is 15.9 Å². The van der Waals surface area contributed by atoms with Crippen LogP contribution < -0.4 is 4.74 Å². The Labute approximate surface area is 190 Å². The van der Waals surface area contributed by atoms with E-state index in [0.29, 0.717) is 27.9 Å². The first-order valence-electron chi connectivity index (χ1n) is 9.56. The van der Waals surface area contributed by atoms with Gasteiger partial charge in [0.2, 0.25) is 0 Å². The zero-order chi connectivity index (χ0) is 21.3. The Bertz CT molecular complexity index is 1100. The molecule has 8 heteroatoms. The lowest BCUT2D eigenvalue weighted by Gasteiger charge is -2.32. The second kappa shape index (κ2) is 9.08. The summed E-state index contributed by atoms with van der Waals surface area (Å²) in [6.07, 6.45) is 1.66. The smallest absolute Gasteiger partial charge is 0.345 e. The maximum atomic E-state index is 12.9. The summed E-state index contributed by atoms with van der Waals surface area (Å²) in [6, 6.07) is 10.2. The van der Waals surface area contributed by atoms with Crippen molar-refractivity contribution in [2.24, 2.45) is 0 Å². The van der Waals surface area contributed by atoms with E-state index in [0.717, 1.165) is 37.1 Å². The van der Waals surface area contributed by atoms with Crippen LogP contribution in [-0.4, -0.2) is 54.0 Å². The molecule has 0 N–H and O–H groups in total. The summed E-state index contributed by atoms with van der Waals surface area (Å²) in [5.41, 5.74) is 1.60. The fraction of sp³-hybridized carbons (Fsp3) is 0.273. The maximum absolute atomic E-state index is 12.9. The zero-order valence-electron chi connectivity index (χ0n) is 16.4. The van der Waals surface area contributed by atoms with E-state index in [1.807, 2.05) is 12.1 Å². The minimum atomic E-state index is -0.564. The molecule has 0 atom stereocenters. The molecular weight excluding hydrogens is 445 g/mol. The van der Waals surface area contributed by atoms with E-state index in [1.54, 1.807) is 24.4 Å². The van der Waals surface area contributed by atoms with Gasteiger partial charge >= 0.3 is 5.97 Å². The molecule has 1 aromatic heterocycles. The average molecular weight is 465 g/mol. The second-order valence-corrected chi connectivity index (χ2v) is 8.59. The molecule has 30 heavy (non-hydrogen) atoms. The summed E-state index contributed by atoms with van der Waals surface area (Å²) in [5, 5.41) is 1.99. The van der Waals surface area contributed by atoms with Gasteiger partial charge in [-0.05, 0) is 43.4 Å². The molecule has 0 spiro atoms. The molecule has 0 unspecified atom stereocenters. The third-order valence-electron chi connectivity index (χ3n) is 5.21. The highest BCUT2D eigenvalue weighted by Crippen LogP contribution is 2.36. The van der Waals surface area contributed by atoms with Crippen molar-refractivity contribution in [1.82, 2.24) is 14.8 Å². The first kappa shape index (κ1) is 21.3. The summed E-state index contributed by atoms with van der Waals surface area (Å²) in [5.74, 6) is -0.157. The minimum absolute atomic E-state index is 0.236. The van der Waals surface area contributed by atoms with Gasteiger partial charge in [-0.15, -0.1) is 0 Å². The van der Waals surface area contributed by atoms with Gasteiger partial charge in [-0.1, -0.05) is 34.8 Å². The Morgan fingerprint density at radius 1 is 1.07 bits per heavy atom. The quantitative estimate of drug-likeness (QED) is 0.394. The fourth-order valence-corrected chi connectivity index (χ4v) is 4.28. The van der Waals surface area contributed by atoms with Crippen LogP contribution >= 0.6 is 34.8 Å². The van der Waals surface area contributed by atoms with Crippen molar-refractivity contribution in [2.75, 3.05) is 33.2 Å². The Kier molecular flexibility index (Phi) is 6.46. The van der Waals surface area contributed by atoms with Crippen LogP contribution in [0.5, 0.6) is 5.75 Å². The molecule has 0 aliphatic carbocycles. The summed E-state index contributed by atoms with van der Waals surface area (Å²) < 4.78 is 5.86. The molecule has 0 radical (unpaired) electrons. The van der Waals surface area contributed by atoms with E-state index in [2.05, 4.69) is 21.8 Å². The lowest BCUT2D eigenvalue weighted by Crippen LogP contribution is -2.43. The lowest BCUT2D eigenvalue weighted by molar-refractivity contribution is 0.0732. The predicted molar refractivity (Wildman–Crippen MR) is 121 cm³/mol. The number of rotatable bonds is 4. The number of halogens is 3. The molecule has 4 rings (SSSR count). The molecule has 5 nitrogen and oxygen atoms in total. The van der Waals surface area contributed by atoms with E-state index in [4.69, 9.17) is 39.5 Å². The summed E-state index contributed by atoms with van der Waals surface area (Å²) in [6.45, 7) is 4.41. The summed E-state index contributed by atoms with van der Waals surface area (Å²) in [4.78, 5) is 22.0. The Balaban J connectivity index is 1.72.